The van der Waals surface area contributed by atoms with E-state index in [-0.39, 0.29) is 36.7 Å². The fraction of sp³-hybridized carbons (Fsp3) is 0.381. The highest BCUT2D eigenvalue weighted by atomic mass is 19.1. The van der Waals surface area contributed by atoms with Gasteiger partial charge in [-0.2, -0.15) is 0 Å². The molecule has 0 radical (unpaired) electrons. The number of benzene rings is 1. The van der Waals surface area contributed by atoms with E-state index in [0.29, 0.717) is 13.0 Å². The van der Waals surface area contributed by atoms with Crippen LogP contribution in [-0.2, 0) is 30.2 Å². The largest absolute Gasteiger partial charge is 0.500 e. The molecule has 0 spiro atoms. The first-order valence-corrected chi connectivity index (χ1v) is 9.21. The summed E-state index contributed by atoms with van der Waals surface area (Å²) in [6.07, 6.45) is 5.35. The van der Waals surface area contributed by atoms with E-state index in [1.165, 1.54) is 0 Å². The number of esters is 1. The molecule has 2 heterocycles. The second-order valence-electron chi connectivity index (χ2n) is 7.38. The fourth-order valence-corrected chi connectivity index (χ4v) is 4.31. The lowest BCUT2D eigenvalue weighted by Gasteiger charge is -2.38. The van der Waals surface area contributed by atoms with Gasteiger partial charge in [0.2, 0.25) is 0 Å². The molecule has 1 aromatic carbocycles. The number of rotatable bonds is 3. The normalized spacial score (nSPS) is 30.0. The van der Waals surface area contributed by atoms with Crippen molar-refractivity contribution in [3.8, 4) is 0 Å². The molecule has 28 heavy (non-hydrogen) atoms. The van der Waals surface area contributed by atoms with Crippen molar-refractivity contribution < 1.29 is 32.5 Å². The number of halogens is 2. The number of hydrogen-bond acceptors (Lipinski definition) is 5. The molecule has 1 fully saturated rings. The van der Waals surface area contributed by atoms with Gasteiger partial charge in [0.05, 0.1) is 25.2 Å². The van der Waals surface area contributed by atoms with Gasteiger partial charge in [0.25, 0.3) is 0 Å². The molecule has 4 atom stereocenters. The minimum absolute atomic E-state index is 0.0200. The van der Waals surface area contributed by atoms with Crippen molar-refractivity contribution in [2.24, 2.45) is 11.8 Å². The van der Waals surface area contributed by atoms with Crippen molar-refractivity contribution >= 4 is 5.97 Å². The Kier molecular flexibility index (Phi) is 4.19. The second kappa shape index (κ2) is 6.74. The average molecular weight is 388 g/mol. The molecule has 4 unspecified atom stereocenters. The highest BCUT2D eigenvalue weighted by molar-refractivity contribution is 5.73. The summed E-state index contributed by atoms with van der Waals surface area (Å²) < 4.78 is 49.7. The Morgan fingerprint density at radius 1 is 1.18 bits per heavy atom. The minimum atomic E-state index is -0.630. The maximum atomic E-state index is 13.9. The monoisotopic (exact) mass is 388 g/mol. The van der Waals surface area contributed by atoms with Crippen molar-refractivity contribution in [1.82, 2.24) is 0 Å². The van der Waals surface area contributed by atoms with E-state index in [2.05, 4.69) is 0 Å². The van der Waals surface area contributed by atoms with Crippen molar-refractivity contribution in [1.29, 1.82) is 0 Å². The fourth-order valence-electron chi connectivity index (χ4n) is 4.31. The molecule has 2 aliphatic carbocycles. The first kappa shape index (κ1) is 17.4. The van der Waals surface area contributed by atoms with Crippen LogP contribution in [-0.4, -0.2) is 31.6 Å². The summed E-state index contributed by atoms with van der Waals surface area (Å²) in [7, 11) is 0. The highest BCUT2D eigenvalue weighted by Crippen LogP contribution is 2.45. The molecule has 5 rings (SSSR count). The summed E-state index contributed by atoms with van der Waals surface area (Å²) in [5, 5.41) is 0. The van der Waals surface area contributed by atoms with Gasteiger partial charge in [-0.15, -0.1) is 0 Å². The van der Waals surface area contributed by atoms with Gasteiger partial charge in [-0.1, -0.05) is 6.08 Å². The van der Waals surface area contributed by atoms with Crippen LogP contribution in [0, 0.1) is 23.5 Å². The van der Waals surface area contributed by atoms with Crippen molar-refractivity contribution in [2.45, 2.75) is 25.0 Å². The van der Waals surface area contributed by atoms with E-state index >= 15 is 0 Å². The molecule has 0 amide bonds. The Balaban J connectivity index is 1.39. The van der Waals surface area contributed by atoms with Gasteiger partial charge in [-0.25, -0.2) is 8.78 Å². The summed E-state index contributed by atoms with van der Waals surface area (Å²) >= 11 is 0. The van der Waals surface area contributed by atoms with E-state index in [0.717, 1.165) is 35.1 Å². The average Bonchev–Trinajstić information content (AvgIpc) is 3.31. The third-order valence-corrected chi connectivity index (χ3v) is 5.68. The number of ether oxygens (including phenoxy) is 4. The molecular formula is C21H18F2O5. The molecule has 0 bridgehead atoms. The van der Waals surface area contributed by atoms with E-state index in [4.69, 9.17) is 18.9 Å². The summed E-state index contributed by atoms with van der Waals surface area (Å²) in [5.74, 6) is -1.19. The van der Waals surface area contributed by atoms with Crippen LogP contribution >= 0.6 is 0 Å². The lowest BCUT2D eigenvalue weighted by molar-refractivity contribution is -0.154. The zero-order valence-electron chi connectivity index (χ0n) is 14.9. The first-order chi connectivity index (χ1) is 13.6. The smallest absolute Gasteiger partial charge is 0.310 e. The standard InChI is InChI=1S/C21H18F2O5/c22-14-1-2-17(23)12(4-14)6-20(24)28-21-15-7-19-18(26-10-27-19)5-11(15)3-13-8-25-9-16(13)21/h1-5,8,15-16,19,21H,6-7,9-10H2. The van der Waals surface area contributed by atoms with Crippen molar-refractivity contribution in [3.63, 3.8) is 0 Å². The van der Waals surface area contributed by atoms with Gasteiger partial charge in [0.1, 0.15) is 29.6 Å². The SMILES string of the molecule is O=C(Cc1cc(F)ccc1F)OC1C2COC=C2C=C2C=C3OCOC3CC21. The van der Waals surface area contributed by atoms with Crippen LogP contribution in [0.25, 0.3) is 0 Å². The molecule has 1 saturated heterocycles. The third kappa shape index (κ3) is 2.99. The quantitative estimate of drug-likeness (QED) is 0.745. The van der Waals surface area contributed by atoms with Gasteiger partial charge in [-0.3, -0.25) is 4.79 Å². The summed E-state index contributed by atoms with van der Waals surface area (Å²) in [6, 6.07) is 3.05. The van der Waals surface area contributed by atoms with Crippen LogP contribution in [0.15, 0.2) is 53.5 Å². The topological polar surface area (TPSA) is 54.0 Å². The van der Waals surface area contributed by atoms with Crippen LogP contribution < -0.4 is 0 Å². The Bertz CT molecular complexity index is 919. The molecule has 5 nitrogen and oxygen atoms in total. The Morgan fingerprint density at radius 3 is 2.96 bits per heavy atom. The van der Waals surface area contributed by atoms with Gasteiger partial charge in [-0.05, 0) is 41.8 Å². The molecule has 146 valence electrons. The maximum absolute atomic E-state index is 13.9. The van der Waals surface area contributed by atoms with Crippen LogP contribution in [0.4, 0.5) is 8.78 Å². The lowest BCUT2D eigenvalue weighted by Crippen LogP contribution is -2.42. The molecule has 7 heteroatoms. The Morgan fingerprint density at radius 2 is 2.07 bits per heavy atom. The van der Waals surface area contributed by atoms with E-state index in [9.17, 15) is 13.6 Å². The van der Waals surface area contributed by atoms with Crippen LogP contribution in [0.1, 0.15) is 12.0 Å². The molecule has 1 aromatic rings. The number of hydrogen-bond donors (Lipinski definition) is 0. The third-order valence-electron chi connectivity index (χ3n) is 5.68. The second-order valence-corrected chi connectivity index (χ2v) is 7.38. The van der Waals surface area contributed by atoms with Crippen molar-refractivity contribution in [3.05, 3.63) is 70.7 Å². The lowest BCUT2D eigenvalue weighted by atomic mass is 9.72. The van der Waals surface area contributed by atoms with E-state index in [1.54, 1.807) is 6.26 Å². The van der Waals surface area contributed by atoms with E-state index in [1.807, 2.05) is 12.2 Å². The van der Waals surface area contributed by atoms with Gasteiger partial charge < -0.3 is 18.9 Å². The summed E-state index contributed by atoms with van der Waals surface area (Å²) in [5.41, 5.74) is 1.93. The van der Waals surface area contributed by atoms with Gasteiger partial charge >= 0.3 is 5.97 Å². The van der Waals surface area contributed by atoms with Crippen molar-refractivity contribution in [2.75, 3.05) is 13.4 Å². The zero-order chi connectivity index (χ0) is 19.3. The van der Waals surface area contributed by atoms with Crippen LogP contribution in [0.5, 0.6) is 0 Å². The van der Waals surface area contributed by atoms with E-state index < -0.39 is 23.7 Å². The molecule has 4 aliphatic rings. The summed E-state index contributed by atoms with van der Waals surface area (Å²) in [6.45, 7) is 0.634. The Hall–Kier alpha value is -2.67. The molecule has 0 saturated carbocycles. The molecule has 0 N–H and O–H groups in total. The maximum Gasteiger partial charge on any atom is 0.310 e. The van der Waals surface area contributed by atoms with Crippen LogP contribution in [0.2, 0.25) is 0 Å². The number of carbonyl (C=O) groups is 1. The predicted octanol–water partition coefficient (Wildman–Crippen LogP) is 3.17. The Labute approximate surface area is 160 Å². The molecular weight excluding hydrogens is 370 g/mol. The molecule has 2 aliphatic heterocycles. The number of allylic oxidation sites excluding steroid dienone is 2. The zero-order valence-corrected chi connectivity index (χ0v) is 14.9. The number of carbonyl (C=O) groups excluding carboxylic acids is 1. The number of fused-ring (bicyclic) bond motifs is 3. The van der Waals surface area contributed by atoms with Crippen LogP contribution in [0.3, 0.4) is 0 Å². The van der Waals surface area contributed by atoms with Gasteiger partial charge in [0.15, 0.2) is 6.79 Å². The molecule has 0 aromatic heterocycles. The predicted molar refractivity (Wildman–Crippen MR) is 92.6 cm³/mol. The van der Waals surface area contributed by atoms with Gasteiger partial charge in [0, 0.05) is 11.5 Å². The first-order valence-electron chi connectivity index (χ1n) is 9.21. The minimum Gasteiger partial charge on any atom is -0.500 e. The highest BCUT2D eigenvalue weighted by Gasteiger charge is 2.46. The summed E-state index contributed by atoms with van der Waals surface area (Å²) in [4.78, 5) is 12.6.